The smallest absolute Gasteiger partial charge is 0.231 e. The minimum absolute atomic E-state index is 0.105. The van der Waals surface area contributed by atoms with Crippen LogP contribution in [0.3, 0.4) is 0 Å². The molecule has 0 saturated carbocycles. The SMILES string of the molecule is O=C(Nc1ncc(Cc2ccc(F)cc2F)s1)[C@@H]1CCOC1. The molecule has 7 heteroatoms. The van der Waals surface area contributed by atoms with Crippen LogP contribution in [0.5, 0.6) is 0 Å². The van der Waals surface area contributed by atoms with Crippen LogP contribution < -0.4 is 5.32 Å². The molecule has 116 valence electrons. The van der Waals surface area contributed by atoms with E-state index in [0.717, 1.165) is 10.9 Å². The molecule has 1 aromatic heterocycles. The van der Waals surface area contributed by atoms with Crippen LogP contribution in [0.25, 0.3) is 0 Å². The van der Waals surface area contributed by atoms with Crippen LogP contribution in [0.4, 0.5) is 13.9 Å². The summed E-state index contributed by atoms with van der Waals surface area (Å²) in [6, 6.07) is 3.50. The average Bonchev–Trinajstić information content (AvgIpc) is 3.13. The molecule has 0 unspecified atom stereocenters. The summed E-state index contributed by atoms with van der Waals surface area (Å²) in [4.78, 5) is 16.9. The van der Waals surface area contributed by atoms with Crippen molar-refractivity contribution < 1.29 is 18.3 Å². The zero-order chi connectivity index (χ0) is 15.5. The molecule has 1 atom stereocenters. The highest BCUT2D eigenvalue weighted by molar-refractivity contribution is 7.15. The quantitative estimate of drug-likeness (QED) is 0.941. The van der Waals surface area contributed by atoms with E-state index in [1.165, 1.54) is 23.5 Å². The molecule has 0 spiro atoms. The lowest BCUT2D eigenvalue weighted by Gasteiger charge is -2.05. The van der Waals surface area contributed by atoms with Crippen LogP contribution in [-0.2, 0) is 16.0 Å². The second kappa shape index (κ2) is 6.50. The molecular formula is C15H14F2N2O2S. The Balaban J connectivity index is 1.64. The summed E-state index contributed by atoms with van der Waals surface area (Å²) < 4.78 is 31.7. The molecule has 0 aliphatic carbocycles. The van der Waals surface area contributed by atoms with Gasteiger partial charge in [-0.05, 0) is 18.1 Å². The number of amides is 1. The maximum absolute atomic E-state index is 13.6. The van der Waals surface area contributed by atoms with E-state index in [1.54, 1.807) is 6.20 Å². The van der Waals surface area contributed by atoms with Crippen LogP contribution >= 0.6 is 11.3 Å². The van der Waals surface area contributed by atoms with Crippen LogP contribution in [0.2, 0.25) is 0 Å². The first-order valence-electron chi connectivity index (χ1n) is 6.89. The van der Waals surface area contributed by atoms with Gasteiger partial charge in [0.15, 0.2) is 5.13 Å². The van der Waals surface area contributed by atoms with Crippen molar-refractivity contribution in [2.45, 2.75) is 12.8 Å². The third kappa shape index (κ3) is 3.48. The molecule has 1 fully saturated rings. The van der Waals surface area contributed by atoms with Crippen LogP contribution in [-0.4, -0.2) is 24.1 Å². The van der Waals surface area contributed by atoms with Crippen molar-refractivity contribution in [3.05, 3.63) is 46.5 Å². The van der Waals surface area contributed by atoms with Gasteiger partial charge in [0.2, 0.25) is 5.91 Å². The molecule has 0 bridgehead atoms. The van der Waals surface area contributed by atoms with Gasteiger partial charge in [0.25, 0.3) is 0 Å². The molecule has 2 aromatic rings. The molecule has 1 aliphatic rings. The number of thiazole rings is 1. The maximum atomic E-state index is 13.6. The molecule has 2 heterocycles. The van der Waals surface area contributed by atoms with E-state index in [2.05, 4.69) is 10.3 Å². The number of hydrogen-bond donors (Lipinski definition) is 1. The Hall–Kier alpha value is -1.86. The molecule has 22 heavy (non-hydrogen) atoms. The van der Waals surface area contributed by atoms with Gasteiger partial charge in [-0.3, -0.25) is 4.79 Å². The van der Waals surface area contributed by atoms with E-state index in [9.17, 15) is 13.6 Å². The van der Waals surface area contributed by atoms with E-state index in [-0.39, 0.29) is 11.8 Å². The summed E-state index contributed by atoms with van der Waals surface area (Å²) >= 11 is 1.28. The predicted molar refractivity (Wildman–Crippen MR) is 78.8 cm³/mol. The highest BCUT2D eigenvalue weighted by Gasteiger charge is 2.24. The Morgan fingerprint density at radius 2 is 2.32 bits per heavy atom. The fraction of sp³-hybridized carbons (Fsp3) is 0.333. The van der Waals surface area contributed by atoms with E-state index in [1.807, 2.05) is 0 Å². The second-order valence-corrected chi connectivity index (χ2v) is 6.21. The summed E-state index contributed by atoms with van der Waals surface area (Å²) in [5.41, 5.74) is 0.395. The first kappa shape index (κ1) is 15.1. The highest BCUT2D eigenvalue weighted by Crippen LogP contribution is 2.24. The van der Waals surface area contributed by atoms with Gasteiger partial charge in [0, 0.05) is 30.2 Å². The van der Waals surface area contributed by atoms with Gasteiger partial charge in [-0.2, -0.15) is 0 Å². The number of ether oxygens (including phenoxy) is 1. The van der Waals surface area contributed by atoms with Gasteiger partial charge in [0.05, 0.1) is 12.5 Å². The number of hydrogen-bond acceptors (Lipinski definition) is 4. The van der Waals surface area contributed by atoms with Crippen LogP contribution in [0, 0.1) is 17.6 Å². The van der Waals surface area contributed by atoms with Crippen molar-refractivity contribution in [1.82, 2.24) is 4.98 Å². The number of benzene rings is 1. The molecule has 3 rings (SSSR count). The molecular weight excluding hydrogens is 310 g/mol. The van der Waals surface area contributed by atoms with Gasteiger partial charge in [0.1, 0.15) is 11.6 Å². The fourth-order valence-corrected chi connectivity index (χ4v) is 3.09. The van der Waals surface area contributed by atoms with Crippen molar-refractivity contribution in [3.8, 4) is 0 Å². The minimum Gasteiger partial charge on any atom is -0.381 e. The number of rotatable bonds is 4. The van der Waals surface area contributed by atoms with Gasteiger partial charge in [-0.15, -0.1) is 11.3 Å². The largest absolute Gasteiger partial charge is 0.381 e. The molecule has 1 aliphatic heterocycles. The zero-order valence-corrected chi connectivity index (χ0v) is 12.5. The third-order valence-electron chi connectivity index (χ3n) is 3.46. The predicted octanol–water partition coefficient (Wildman–Crippen LogP) is 2.99. The Morgan fingerprint density at radius 3 is 3.05 bits per heavy atom. The summed E-state index contributed by atoms with van der Waals surface area (Å²) in [6.45, 7) is 1.04. The highest BCUT2D eigenvalue weighted by atomic mass is 32.1. The lowest BCUT2D eigenvalue weighted by molar-refractivity contribution is -0.119. The maximum Gasteiger partial charge on any atom is 0.231 e. The number of aromatic nitrogens is 1. The molecule has 1 amide bonds. The van der Waals surface area contributed by atoms with Crippen LogP contribution in [0.15, 0.2) is 24.4 Å². The third-order valence-corrected chi connectivity index (χ3v) is 4.38. The summed E-state index contributed by atoms with van der Waals surface area (Å²) in [6.07, 6.45) is 2.62. The Labute approximate surface area is 130 Å². The Kier molecular flexibility index (Phi) is 4.44. The summed E-state index contributed by atoms with van der Waals surface area (Å²) in [7, 11) is 0. The monoisotopic (exact) mass is 324 g/mol. The summed E-state index contributed by atoms with van der Waals surface area (Å²) in [5, 5.41) is 3.23. The lowest BCUT2D eigenvalue weighted by atomic mass is 10.1. The van der Waals surface area contributed by atoms with Gasteiger partial charge >= 0.3 is 0 Å². The van der Waals surface area contributed by atoms with Crippen molar-refractivity contribution in [1.29, 1.82) is 0 Å². The molecule has 1 saturated heterocycles. The van der Waals surface area contributed by atoms with Crippen molar-refractivity contribution in [2.75, 3.05) is 18.5 Å². The number of halogens is 2. The Bertz CT molecular complexity index is 684. The number of carbonyl (C=O) groups excluding carboxylic acids is 1. The van der Waals surface area contributed by atoms with Crippen LogP contribution in [0.1, 0.15) is 16.9 Å². The van der Waals surface area contributed by atoms with Gasteiger partial charge < -0.3 is 10.1 Å². The van der Waals surface area contributed by atoms with E-state index in [0.29, 0.717) is 36.8 Å². The molecule has 4 nitrogen and oxygen atoms in total. The molecule has 1 N–H and O–H groups in total. The minimum atomic E-state index is -0.600. The second-order valence-electron chi connectivity index (χ2n) is 5.09. The number of anilines is 1. The first-order chi connectivity index (χ1) is 10.6. The molecule has 0 radical (unpaired) electrons. The normalized spacial score (nSPS) is 17.6. The van der Waals surface area contributed by atoms with E-state index < -0.39 is 11.6 Å². The fourth-order valence-electron chi connectivity index (χ4n) is 2.25. The van der Waals surface area contributed by atoms with Gasteiger partial charge in [-0.25, -0.2) is 13.8 Å². The number of carbonyl (C=O) groups is 1. The molecule has 1 aromatic carbocycles. The Morgan fingerprint density at radius 1 is 1.45 bits per heavy atom. The topological polar surface area (TPSA) is 51.2 Å². The summed E-state index contributed by atoms with van der Waals surface area (Å²) in [5.74, 6) is -1.42. The lowest BCUT2D eigenvalue weighted by Crippen LogP contribution is -2.22. The standard InChI is InChI=1S/C15H14F2N2O2S/c16-11-2-1-9(13(17)6-11)5-12-7-18-15(22-12)19-14(20)10-3-4-21-8-10/h1-2,6-7,10H,3-5,8H2,(H,18,19,20)/t10-/m1/s1. The van der Waals surface area contributed by atoms with E-state index >= 15 is 0 Å². The van der Waals surface area contributed by atoms with Crippen molar-refractivity contribution in [2.24, 2.45) is 5.92 Å². The zero-order valence-electron chi connectivity index (χ0n) is 11.6. The number of nitrogens with one attached hydrogen (secondary N) is 1. The van der Waals surface area contributed by atoms with Crippen molar-refractivity contribution in [3.63, 3.8) is 0 Å². The van der Waals surface area contributed by atoms with Crippen molar-refractivity contribution >= 4 is 22.4 Å². The first-order valence-corrected chi connectivity index (χ1v) is 7.70. The van der Waals surface area contributed by atoms with E-state index in [4.69, 9.17) is 4.74 Å². The number of nitrogens with zero attached hydrogens (tertiary/aromatic N) is 1. The average molecular weight is 324 g/mol. The van der Waals surface area contributed by atoms with Gasteiger partial charge in [-0.1, -0.05) is 6.07 Å².